The molecule has 0 fully saturated rings. The molecule has 0 aliphatic heterocycles. The van der Waals surface area contributed by atoms with Gasteiger partial charge in [-0.2, -0.15) is 0 Å². The highest BCUT2D eigenvalue weighted by atomic mass is 31.2. The third-order valence-corrected chi connectivity index (χ3v) is 9.59. The summed E-state index contributed by atoms with van der Waals surface area (Å²) in [5, 5.41) is 0. The lowest BCUT2D eigenvalue weighted by Gasteiger charge is -2.32. The van der Waals surface area contributed by atoms with E-state index in [-0.39, 0.29) is 6.23 Å². The summed E-state index contributed by atoms with van der Waals surface area (Å²) in [4.78, 5) is 13.1. The van der Waals surface area contributed by atoms with E-state index in [0.717, 1.165) is 51.6 Å². The van der Waals surface area contributed by atoms with Crippen LogP contribution in [0.3, 0.4) is 0 Å². The van der Waals surface area contributed by atoms with E-state index in [0.29, 0.717) is 6.61 Å². The third-order valence-electron chi connectivity index (χ3n) is 8.57. The Bertz CT molecular complexity index is 561. The molecule has 0 amide bonds. The Morgan fingerprint density at radius 2 is 0.833 bits per heavy atom. The zero-order chi connectivity index (χ0) is 31.0. The Balaban J connectivity index is 5.03. The molecule has 0 radical (unpaired) electrons. The van der Waals surface area contributed by atoms with Gasteiger partial charge in [0.05, 0.1) is 6.61 Å². The minimum absolute atomic E-state index is 0.306. The molecule has 0 aromatic heterocycles. The highest BCUT2D eigenvalue weighted by Gasteiger charge is 2.30. The van der Waals surface area contributed by atoms with E-state index in [1.165, 1.54) is 141 Å². The van der Waals surface area contributed by atoms with Crippen LogP contribution in [0.25, 0.3) is 0 Å². The van der Waals surface area contributed by atoms with E-state index in [9.17, 15) is 9.46 Å². The van der Waals surface area contributed by atoms with Gasteiger partial charge < -0.3 is 4.89 Å². The van der Waals surface area contributed by atoms with Crippen LogP contribution in [0.2, 0.25) is 0 Å². The first kappa shape index (κ1) is 42.1. The predicted octanol–water partition coefficient (Wildman–Crippen LogP) is 12.8. The lowest BCUT2D eigenvalue weighted by molar-refractivity contribution is -0.0135. The number of unbranched alkanes of at least 4 members (excludes halogenated alkanes) is 23. The van der Waals surface area contributed by atoms with Crippen molar-refractivity contribution in [1.82, 2.24) is 4.90 Å². The van der Waals surface area contributed by atoms with Gasteiger partial charge in [0.15, 0.2) is 0 Å². The highest BCUT2D eigenvalue weighted by Crippen LogP contribution is 2.46. The molecule has 0 aromatic carbocycles. The van der Waals surface area contributed by atoms with Crippen LogP contribution in [0, 0.1) is 0 Å². The van der Waals surface area contributed by atoms with Crippen molar-refractivity contribution in [3.63, 3.8) is 0 Å². The summed E-state index contributed by atoms with van der Waals surface area (Å²) < 4.78 is 24.7. The van der Waals surface area contributed by atoms with Crippen molar-refractivity contribution in [2.75, 3.05) is 19.7 Å². The smallest absolute Gasteiger partial charge is 0.302 e. The number of rotatable bonds is 35. The Kier molecular flexibility index (Phi) is 32.5. The second-order valence-corrected chi connectivity index (χ2v) is 14.2. The topological polar surface area (TPSA) is 59.0 Å². The molecule has 0 rings (SSSR count). The van der Waals surface area contributed by atoms with Crippen LogP contribution in [0.15, 0.2) is 0 Å². The van der Waals surface area contributed by atoms with Gasteiger partial charge in [-0.25, -0.2) is 4.57 Å². The van der Waals surface area contributed by atoms with Gasteiger partial charge in [-0.15, -0.1) is 0 Å². The van der Waals surface area contributed by atoms with Crippen LogP contribution in [-0.4, -0.2) is 35.7 Å². The van der Waals surface area contributed by atoms with E-state index >= 15 is 0 Å². The van der Waals surface area contributed by atoms with Crippen molar-refractivity contribution >= 4 is 7.82 Å². The van der Waals surface area contributed by atoms with Crippen LogP contribution >= 0.6 is 7.82 Å². The van der Waals surface area contributed by atoms with Gasteiger partial charge in [0.25, 0.3) is 0 Å². The minimum atomic E-state index is -4.09. The van der Waals surface area contributed by atoms with Crippen molar-refractivity contribution in [2.45, 2.75) is 214 Å². The molecule has 1 N–H and O–H groups in total. The van der Waals surface area contributed by atoms with Gasteiger partial charge in [-0.05, 0) is 32.1 Å². The summed E-state index contributed by atoms with van der Waals surface area (Å²) in [6, 6.07) is 0. The lowest BCUT2D eigenvalue weighted by atomic mass is 10.1. The average Bonchev–Trinajstić information content (AvgIpc) is 2.97. The number of phosphoric ester groups is 1. The molecule has 5 nitrogen and oxygen atoms in total. The lowest BCUT2D eigenvalue weighted by Crippen LogP contribution is -2.38. The third kappa shape index (κ3) is 28.8. The first-order valence-corrected chi connectivity index (χ1v) is 20.4. The Morgan fingerprint density at radius 1 is 0.500 bits per heavy atom. The van der Waals surface area contributed by atoms with Gasteiger partial charge in [0, 0.05) is 13.1 Å². The maximum Gasteiger partial charge on any atom is 0.473 e. The molecule has 0 spiro atoms. The number of hydrogen-bond donors (Lipinski definition) is 1. The molecule has 2 atom stereocenters. The predicted molar refractivity (Wildman–Crippen MR) is 184 cm³/mol. The molecule has 0 saturated carbocycles. The molecule has 0 heterocycles. The quantitative estimate of drug-likeness (QED) is 0.0435. The molecule has 2 unspecified atom stereocenters. The van der Waals surface area contributed by atoms with Crippen LogP contribution in [-0.2, 0) is 13.6 Å². The summed E-state index contributed by atoms with van der Waals surface area (Å²) in [5.41, 5.74) is 0. The molecular formula is C36H76NO4P. The van der Waals surface area contributed by atoms with Crippen LogP contribution < -0.4 is 0 Å². The van der Waals surface area contributed by atoms with Crippen molar-refractivity contribution in [2.24, 2.45) is 0 Å². The Morgan fingerprint density at radius 3 is 1.24 bits per heavy atom. The summed E-state index contributed by atoms with van der Waals surface area (Å²) in [5.74, 6) is 0. The van der Waals surface area contributed by atoms with Gasteiger partial charge in [-0.1, -0.05) is 175 Å². The van der Waals surface area contributed by atoms with Crippen LogP contribution in [0.4, 0.5) is 0 Å². The first-order valence-electron chi connectivity index (χ1n) is 18.9. The van der Waals surface area contributed by atoms with Crippen molar-refractivity contribution in [3.05, 3.63) is 0 Å². The first-order chi connectivity index (χ1) is 20.5. The SMILES string of the molecule is CCCCCCCCCCC(OP(=O)(O)OCCCCCCCCC)N(CCCCCCCC)CCCCCCCC. The maximum absolute atomic E-state index is 13.1. The van der Waals surface area contributed by atoms with Gasteiger partial charge in [0.1, 0.15) is 6.23 Å². The Hall–Kier alpha value is 0.0700. The summed E-state index contributed by atoms with van der Waals surface area (Å²) in [6.07, 6.45) is 33.7. The molecule has 0 aliphatic carbocycles. The fourth-order valence-electron chi connectivity index (χ4n) is 5.77. The number of phosphoric acid groups is 1. The zero-order valence-corrected chi connectivity index (χ0v) is 30.0. The fourth-order valence-corrected chi connectivity index (χ4v) is 6.74. The number of nitrogens with zero attached hydrogens (tertiary/aromatic N) is 1. The minimum Gasteiger partial charge on any atom is -0.302 e. The molecular weight excluding hydrogens is 541 g/mol. The van der Waals surface area contributed by atoms with E-state index in [2.05, 4.69) is 32.6 Å². The van der Waals surface area contributed by atoms with Crippen molar-refractivity contribution in [1.29, 1.82) is 0 Å². The summed E-state index contributed by atoms with van der Waals surface area (Å²) in [7, 11) is -4.09. The van der Waals surface area contributed by atoms with Crippen LogP contribution in [0.5, 0.6) is 0 Å². The Labute approximate surface area is 264 Å². The van der Waals surface area contributed by atoms with Crippen molar-refractivity contribution < 1.29 is 18.5 Å². The maximum atomic E-state index is 13.1. The van der Waals surface area contributed by atoms with Gasteiger partial charge in [0.2, 0.25) is 0 Å². The van der Waals surface area contributed by atoms with Gasteiger partial charge in [-0.3, -0.25) is 13.9 Å². The zero-order valence-electron chi connectivity index (χ0n) is 29.1. The van der Waals surface area contributed by atoms with E-state index in [4.69, 9.17) is 9.05 Å². The standard InChI is InChI=1S/C36H76NO4P/c1-5-9-13-17-21-22-24-28-32-36(41-42(38,39)40-35-31-27-23-18-14-10-6-2)37(33-29-25-19-15-11-7-3)34-30-26-20-16-12-8-4/h36H,5-35H2,1-4H3,(H,38,39). The fraction of sp³-hybridized carbons (Fsp3) is 1.00. The number of hydrogen-bond acceptors (Lipinski definition) is 4. The highest BCUT2D eigenvalue weighted by molar-refractivity contribution is 7.47. The molecule has 254 valence electrons. The normalized spacial score (nSPS) is 14.0. The summed E-state index contributed by atoms with van der Waals surface area (Å²) >= 11 is 0. The largest absolute Gasteiger partial charge is 0.473 e. The summed E-state index contributed by atoms with van der Waals surface area (Å²) in [6.45, 7) is 11.2. The van der Waals surface area contributed by atoms with E-state index in [1.54, 1.807) is 0 Å². The molecule has 0 aromatic rings. The molecule has 42 heavy (non-hydrogen) atoms. The molecule has 6 heteroatoms. The molecule has 0 aliphatic rings. The van der Waals surface area contributed by atoms with E-state index in [1.807, 2.05) is 0 Å². The van der Waals surface area contributed by atoms with Crippen LogP contribution in [0.1, 0.15) is 207 Å². The van der Waals surface area contributed by atoms with Gasteiger partial charge >= 0.3 is 7.82 Å². The van der Waals surface area contributed by atoms with E-state index < -0.39 is 7.82 Å². The van der Waals surface area contributed by atoms with Crippen molar-refractivity contribution in [3.8, 4) is 0 Å². The average molecular weight is 618 g/mol. The monoisotopic (exact) mass is 618 g/mol. The second kappa shape index (κ2) is 32.5. The molecule has 0 bridgehead atoms. The molecule has 0 saturated heterocycles. The second-order valence-electron chi connectivity index (χ2n) is 12.8.